The molecule has 0 rings (SSSR count). The van der Waals surface area contributed by atoms with Crippen molar-refractivity contribution in [3.05, 3.63) is 0 Å². The monoisotopic (exact) mass is 196 g/mol. The van der Waals surface area contributed by atoms with Crippen LogP contribution in [0.5, 0.6) is 0 Å². The first-order chi connectivity index (χ1) is 6.63. The van der Waals surface area contributed by atoms with Crippen LogP contribution in [0.15, 0.2) is 0 Å². The number of nitriles is 1. The molecule has 0 aliphatic carbocycles. The lowest BCUT2D eigenvalue weighted by molar-refractivity contribution is -0.124. The van der Waals surface area contributed by atoms with Crippen LogP contribution in [0.2, 0.25) is 0 Å². The lowest BCUT2D eigenvalue weighted by atomic mass is 9.97. The highest BCUT2D eigenvalue weighted by atomic mass is 16.1. The normalized spacial score (nSPS) is 12.2. The van der Waals surface area contributed by atoms with E-state index >= 15 is 0 Å². The predicted molar refractivity (Wildman–Crippen MR) is 56.5 cm³/mol. The van der Waals surface area contributed by atoms with Gasteiger partial charge in [-0.25, -0.2) is 0 Å². The molecule has 3 heteroatoms. The van der Waals surface area contributed by atoms with E-state index in [0.29, 0.717) is 6.54 Å². The molecular weight excluding hydrogens is 176 g/mol. The van der Waals surface area contributed by atoms with Crippen LogP contribution in [0.4, 0.5) is 0 Å². The second-order valence-corrected chi connectivity index (χ2v) is 3.85. The molecule has 80 valence electrons. The van der Waals surface area contributed by atoms with Crippen LogP contribution in [-0.2, 0) is 4.79 Å². The molecule has 0 saturated heterocycles. The number of nitrogens with zero attached hydrogens (tertiary/aromatic N) is 1. The molecule has 1 amide bonds. The van der Waals surface area contributed by atoms with E-state index in [2.05, 4.69) is 12.2 Å². The fraction of sp³-hybridized carbons (Fsp3) is 0.818. The Hall–Kier alpha value is -1.04. The molecule has 14 heavy (non-hydrogen) atoms. The number of rotatable bonds is 6. The molecule has 0 saturated carbocycles. The molecule has 0 radical (unpaired) electrons. The van der Waals surface area contributed by atoms with Gasteiger partial charge in [-0.15, -0.1) is 0 Å². The zero-order valence-corrected chi connectivity index (χ0v) is 9.34. The average Bonchev–Trinajstić information content (AvgIpc) is 2.13. The molecule has 3 nitrogen and oxygen atoms in total. The summed E-state index contributed by atoms with van der Waals surface area (Å²) in [6, 6.07) is 2.03. The van der Waals surface area contributed by atoms with Gasteiger partial charge in [-0.05, 0) is 12.3 Å². The van der Waals surface area contributed by atoms with Gasteiger partial charge in [0.15, 0.2) is 0 Å². The summed E-state index contributed by atoms with van der Waals surface area (Å²) in [7, 11) is 0. The van der Waals surface area contributed by atoms with Crippen molar-refractivity contribution in [2.24, 2.45) is 11.8 Å². The quantitative estimate of drug-likeness (QED) is 0.661. The second-order valence-electron chi connectivity index (χ2n) is 3.85. The molecule has 0 heterocycles. The van der Waals surface area contributed by atoms with E-state index in [1.807, 2.05) is 19.9 Å². The fourth-order valence-corrected chi connectivity index (χ4v) is 1.21. The molecule has 1 atom stereocenters. The van der Waals surface area contributed by atoms with Gasteiger partial charge in [-0.3, -0.25) is 4.79 Å². The lowest BCUT2D eigenvalue weighted by Crippen LogP contribution is -2.33. The predicted octanol–water partition coefficient (Wildman–Crippen LogP) is 2.09. The summed E-state index contributed by atoms with van der Waals surface area (Å²) in [6.07, 6.45) is 3.26. The van der Waals surface area contributed by atoms with Crippen LogP contribution in [0.1, 0.15) is 40.0 Å². The minimum atomic E-state index is -0.503. The van der Waals surface area contributed by atoms with E-state index in [1.54, 1.807) is 0 Å². The molecule has 0 aromatic heterocycles. The van der Waals surface area contributed by atoms with Crippen molar-refractivity contribution >= 4 is 5.91 Å². The van der Waals surface area contributed by atoms with Crippen molar-refractivity contribution in [2.45, 2.75) is 40.0 Å². The van der Waals surface area contributed by atoms with E-state index in [-0.39, 0.29) is 11.8 Å². The van der Waals surface area contributed by atoms with Crippen LogP contribution in [0, 0.1) is 23.2 Å². The summed E-state index contributed by atoms with van der Waals surface area (Å²) in [6.45, 7) is 6.59. The maximum Gasteiger partial charge on any atom is 0.237 e. The van der Waals surface area contributed by atoms with Gasteiger partial charge in [-0.1, -0.05) is 33.6 Å². The van der Waals surface area contributed by atoms with Crippen LogP contribution in [0.3, 0.4) is 0 Å². The number of hydrogen-bond donors (Lipinski definition) is 1. The Balaban J connectivity index is 3.78. The molecule has 0 spiro atoms. The number of hydrogen-bond acceptors (Lipinski definition) is 2. The van der Waals surface area contributed by atoms with E-state index in [4.69, 9.17) is 5.26 Å². The molecule has 0 aromatic carbocycles. The standard InChI is InChI=1S/C11H20N2O/c1-4-5-6-7-13-11(14)10(8-12)9(2)3/h9-10H,4-7H2,1-3H3,(H,13,14). The highest BCUT2D eigenvalue weighted by Gasteiger charge is 2.20. The Labute approximate surface area is 86.5 Å². The third-order valence-electron chi connectivity index (χ3n) is 2.17. The first-order valence-corrected chi connectivity index (χ1v) is 5.30. The minimum absolute atomic E-state index is 0.0891. The molecule has 0 aliphatic rings. The number of amides is 1. The van der Waals surface area contributed by atoms with Crippen molar-refractivity contribution in [1.29, 1.82) is 5.26 Å². The molecule has 1 N–H and O–H groups in total. The topological polar surface area (TPSA) is 52.9 Å². The van der Waals surface area contributed by atoms with Gasteiger partial charge in [0.05, 0.1) is 6.07 Å². The Kier molecular flexibility index (Phi) is 6.82. The first-order valence-electron chi connectivity index (χ1n) is 5.30. The smallest absolute Gasteiger partial charge is 0.237 e. The van der Waals surface area contributed by atoms with Gasteiger partial charge in [0, 0.05) is 6.54 Å². The average molecular weight is 196 g/mol. The fourth-order valence-electron chi connectivity index (χ4n) is 1.21. The highest BCUT2D eigenvalue weighted by Crippen LogP contribution is 2.09. The summed E-state index contributed by atoms with van der Waals surface area (Å²) >= 11 is 0. The summed E-state index contributed by atoms with van der Waals surface area (Å²) in [5.41, 5.74) is 0. The SMILES string of the molecule is CCCCCNC(=O)C(C#N)C(C)C. The maximum absolute atomic E-state index is 11.4. The van der Waals surface area contributed by atoms with E-state index in [9.17, 15) is 4.79 Å². The highest BCUT2D eigenvalue weighted by molar-refractivity contribution is 5.81. The van der Waals surface area contributed by atoms with Gasteiger partial charge in [0.2, 0.25) is 5.91 Å². The van der Waals surface area contributed by atoms with Gasteiger partial charge >= 0.3 is 0 Å². The summed E-state index contributed by atoms with van der Waals surface area (Å²) < 4.78 is 0. The summed E-state index contributed by atoms with van der Waals surface area (Å²) in [4.78, 5) is 11.4. The van der Waals surface area contributed by atoms with Gasteiger partial charge in [0.25, 0.3) is 0 Å². The number of nitrogens with one attached hydrogen (secondary N) is 1. The molecular formula is C11H20N2O. The van der Waals surface area contributed by atoms with Crippen molar-refractivity contribution in [3.63, 3.8) is 0 Å². The molecule has 0 bridgehead atoms. The van der Waals surface area contributed by atoms with Crippen LogP contribution >= 0.6 is 0 Å². The van der Waals surface area contributed by atoms with Crippen molar-refractivity contribution in [3.8, 4) is 6.07 Å². The third kappa shape index (κ3) is 4.86. The summed E-state index contributed by atoms with van der Waals surface area (Å²) in [5.74, 6) is -0.540. The lowest BCUT2D eigenvalue weighted by Gasteiger charge is -2.12. The van der Waals surface area contributed by atoms with Crippen LogP contribution in [0.25, 0.3) is 0 Å². The number of unbranched alkanes of at least 4 members (excludes halogenated alkanes) is 2. The Morgan fingerprint density at radius 2 is 2.07 bits per heavy atom. The zero-order valence-electron chi connectivity index (χ0n) is 9.34. The zero-order chi connectivity index (χ0) is 11.0. The van der Waals surface area contributed by atoms with E-state index in [1.165, 1.54) is 0 Å². The molecule has 0 aliphatic heterocycles. The molecule has 0 aromatic rings. The number of carbonyl (C=O) groups excluding carboxylic acids is 1. The van der Waals surface area contributed by atoms with Gasteiger partial charge in [-0.2, -0.15) is 5.26 Å². The molecule has 0 fully saturated rings. The van der Waals surface area contributed by atoms with E-state index in [0.717, 1.165) is 19.3 Å². The first kappa shape index (κ1) is 13.0. The van der Waals surface area contributed by atoms with E-state index < -0.39 is 5.92 Å². The molecule has 1 unspecified atom stereocenters. The van der Waals surface area contributed by atoms with Crippen molar-refractivity contribution < 1.29 is 4.79 Å². The van der Waals surface area contributed by atoms with Gasteiger partial charge in [0.1, 0.15) is 5.92 Å². The van der Waals surface area contributed by atoms with Crippen molar-refractivity contribution in [1.82, 2.24) is 5.32 Å². The Bertz CT molecular complexity index is 206. The van der Waals surface area contributed by atoms with Gasteiger partial charge < -0.3 is 5.32 Å². The largest absolute Gasteiger partial charge is 0.355 e. The Morgan fingerprint density at radius 1 is 1.43 bits per heavy atom. The second kappa shape index (κ2) is 7.37. The minimum Gasteiger partial charge on any atom is -0.355 e. The number of carbonyl (C=O) groups is 1. The van der Waals surface area contributed by atoms with Crippen LogP contribution < -0.4 is 5.32 Å². The van der Waals surface area contributed by atoms with Crippen molar-refractivity contribution in [2.75, 3.05) is 6.54 Å². The van der Waals surface area contributed by atoms with Crippen LogP contribution in [-0.4, -0.2) is 12.5 Å². The third-order valence-corrected chi connectivity index (χ3v) is 2.17. The Morgan fingerprint density at radius 3 is 2.50 bits per heavy atom. The maximum atomic E-state index is 11.4. The summed E-state index contributed by atoms with van der Waals surface area (Å²) in [5, 5.41) is 11.5.